The fraction of sp³-hybridized carbons (Fsp3) is 0.300. The molecule has 2 aromatic carbocycles. The maximum absolute atomic E-state index is 12.1. The maximum Gasteiger partial charge on any atom is 0.256 e. The quantitative estimate of drug-likeness (QED) is 0.743. The molecule has 5 nitrogen and oxygen atoms in total. The first kappa shape index (κ1) is 17.1. The van der Waals surface area contributed by atoms with E-state index >= 15 is 0 Å². The Hall–Kier alpha value is -2.37. The van der Waals surface area contributed by atoms with Gasteiger partial charge in [0.05, 0.1) is 12.2 Å². The number of halogens is 1. The smallest absolute Gasteiger partial charge is 0.256 e. The lowest BCUT2D eigenvalue weighted by molar-refractivity contribution is 0.103. The van der Waals surface area contributed by atoms with Crippen LogP contribution in [0.1, 0.15) is 40.4 Å². The molecule has 5 rings (SSSR count). The van der Waals surface area contributed by atoms with Gasteiger partial charge in [0.15, 0.2) is 0 Å². The predicted octanol–water partition coefficient (Wildman–Crippen LogP) is 3.54. The summed E-state index contributed by atoms with van der Waals surface area (Å²) in [6.45, 7) is 2.13. The third-order valence-corrected chi connectivity index (χ3v) is 5.36. The van der Waals surface area contributed by atoms with Crippen molar-refractivity contribution < 1.29 is 4.79 Å². The normalized spacial score (nSPS) is 16.5. The molecule has 0 saturated carbocycles. The summed E-state index contributed by atoms with van der Waals surface area (Å²) in [5.74, 6) is -0.00326. The number of hydrogen-bond donors (Lipinski definition) is 2. The number of piperidine rings is 1. The van der Waals surface area contributed by atoms with Gasteiger partial charge in [0, 0.05) is 29.3 Å². The molecule has 1 saturated heterocycles. The number of anilines is 1. The highest BCUT2D eigenvalue weighted by atomic mass is 35.5. The van der Waals surface area contributed by atoms with Crippen molar-refractivity contribution in [2.75, 3.05) is 18.4 Å². The van der Waals surface area contributed by atoms with Crippen LogP contribution in [0.15, 0.2) is 42.7 Å². The van der Waals surface area contributed by atoms with Gasteiger partial charge in [-0.15, -0.1) is 12.4 Å². The van der Waals surface area contributed by atoms with Gasteiger partial charge in [0.25, 0.3) is 5.91 Å². The highest BCUT2D eigenvalue weighted by Crippen LogP contribution is 2.35. The standard InChI is InChI=1S/C20H20N4O.ClH/c25-20-17-3-1-2-16-14(4-5-18(23-20)19(16)17)10-13-11-22-24(12-13)15-6-8-21-9-7-15;/h1-5,11-12,15,21H,6-10H2,(H,23,25);1H. The van der Waals surface area contributed by atoms with Crippen LogP contribution in [0.25, 0.3) is 10.8 Å². The molecule has 1 amide bonds. The Kier molecular flexibility index (Phi) is 4.42. The van der Waals surface area contributed by atoms with Crippen LogP contribution in [0.5, 0.6) is 0 Å². The lowest BCUT2D eigenvalue weighted by Crippen LogP contribution is -2.29. The summed E-state index contributed by atoms with van der Waals surface area (Å²) < 4.78 is 2.13. The number of aromatic nitrogens is 2. The summed E-state index contributed by atoms with van der Waals surface area (Å²) in [4.78, 5) is 12.1. The summed E-state index contributed by atoms with van der Waals surface area (Å²) >= 11 is 0. The molecule has 0 radical (unpaired) electrons. The van der Waals surface area contributed by atoms with Gasteiger partial charge in [-0.1, -0.05) is 18.2 Å². The lowest BCUT2D eigenvalue weighted by Gasteiger charge is -2.22. The predicted molar refractivity (Wildman–Crippen MR) is 105 cm³/mol. The zero-order valence-electron chi connectivity index (χ0n) is 14.4. The molecule has 3 aromatic rings. The van der Waals surface area contributed by atoms with Gasteiger partial charge in [-0.25, -0.2) is 0 Å². The van der Waals surface area contributed by atoms with Crippen LogP contribution in [-0.4, -0.2) is 28.8 Å². The first-order chi connectivity index (χ1) is 12.3. The Morgan fingerprint density at radius 2 is 2.00 bits per heavy atom. The largest absolute Gasteiger partial charge is 0.321 e. The number of hydrogen-bond acceptors (Lipinski definition) is 3. The van der Waals surface area contributed by atoms with Crippen molar-refractivity contribution in [1.82, 2.24) is 15.1 Å². The van der Waals surface area contributed by atoms with E-state index in [0.29, 0.717) is 6.04 Å². The van der Waals surface area contributed by atoms with Crippen molar-refractivity contribution >= 4 is 34.8 Å². The number of nitrogens with one attached hydrogen (secondary N) is 2. The summed E-state index contributed by atoms with van der Waals surface area (Å²) in [6, 6.07) is 10.6. The van der Waals surface area contributed by atoms with E-state index in [1.165, 1.54) is 11.1 Å². The molecule has 0 aliphatic carbocycles. The second kappa shape index (κ2) is 6.74. The first-order valence-corrected chi connectivity index (χ1v) is 8.89. The Bertz CT molecular complexity index is 975. The van der Waals surface area contributed by atoms with Crippen LogP contribution in [-0.2, 0) is 6.42 Å². The molecule has 2 N–H and O–H groups in total. The van der Waals surface area contributed by atoms with E-state index in [2.05, 4.69) is 38.7 Å². The summed E-state index contributed by atoms with van der Waals surface area (Å²) in [7, 11) is 0. The minimum Gasteiger partial charge on any atom is -0.321 e. The second-order valence-corrected chi connectivity index (χ2v) is 6.94. The summed E-state index contributed by atoms with van der Waals surface area (Å²) in [5, 5.41) is 13.1. The molecule has 1 fully saturated rings. The van der Waals surface area contributed by atoms with E-state index < -0.39 is 0 Å². The zero-order chi connectivity index (χ0) is 16.8. The Morgan fingerprint density at radius 1 is 1.15 bits per heavy atom. The zero-order valence-corrected chi connectivity index (χ0v) is 15.2. The lowest BCUT2D eigenvalue weighted by atomic mass is 9.97. The first-order valence-electron chi connectivity index (χ1n) is 8.89. The van der Waals surface area contributed by atoms with Crippen molar-refractivity contribution in [2.45, 2.75) is 25.3 Å². The van der Waals surface area contributed by atoms with Crippen LogP contribution in [0.3, 0.4) is 0 Å². The molecule has 134 valence electrons. The fourth-order valence-corrected chi connectivity index (χ4v) is 4.06. The van der Waals surface area contributed by atoms with Gasteiger partial charge in [-0.2, -0.15) is 5.10 Å². The molecule has 0 unspecified atom stereocenters. The number of nitrogens with zero attached hydrogens (tertiary/aromatic N) is 2. The van der Waals surface area contributed by atoms with Gasteiger partial charge < -0.3 is 10.6 Å². The molecule has 1 aromatic heterocycles. The van der Waals surface area contributed by atoms with Crippen LogP contribution in [0.4, 0.5) is 5.69 Å². The highest BCUT2D eigenvalue weighted by Gasteiger charge is 2.22. The molecule has 3 heterocycles. The minimum atomic E-state index is -0.00326. The van der Waals surface area contributed by atoms with Gasteiger partial charge in [-0.3, -0.25) is 9.48 Å². The van der Waals surface area contributed by atoms with E-state index in [9.17, 15) is 4.79 Å². The van der Waals surface area contributed by atoms with E-state index in [1.54, 1.807) is 0 Å². The SMILES string of the molecule is Cl.O=C1Nc2ccc(Cc3cnn(C4CCNCC4)c3)c3cccc1c23. The van der Waals surface area contributed by atoms with Gasteiger partial charge in [-0.05, 0) is 54.6 Å². The fourth-order valence-electron chi connectivity index (χ4n) is 4.06. The van der Waals surface area contributed by atoms with Crippen LogP contribution in [0, 0.1) is 0 Å². The van der Waals surface area contributed by atoms with Crippen LogP contribution in [0.2, 0.25) is 0 Å². The molecule has 6 heteroatoms. The van der Waals surface area contributed by atoms with Crippen molar-refractivity contribution in [1.29, 1.82) is 0 Å². The molecule has 2 aliphatic rings. The molecular weight excluding hydrogens is 348 g/mol. The second-order valence-electron chi connectivity index (χ2n) is 6.94. The maximum atomic E-state index is 12.1. The number of amides is 1. The van der Waals surface area contributed by atoms with E-state index in [1.807, 2.05) is 24.4 Å². The van der Waals surface area contributed by atoms with Crippen LogP contribution >= 0.6 is 12.4 Å². The number of carbonyl (C=O) groups excluding carboxylic acids is 1. The molecule has 0 bridgehead atoms. The van der Waals surface area contributed by atoms with Gasteiger partial charge in [0.1, 0.15) is 0 Å². The average Bonchev–Trinajstić information content (AvgIpc) is 3.24. The van der Waals surface area contributed by atoms with Gasteiger partial charge >= 0.3 is 0 Å². The molecule has 0 atom stereocenters. The monoisotopic (exact) mass is 368 g/mol. The molecule has 26 heavy (non-hydrogen) atoms. The third-order valence-electron chi connectivity index (χ3n) is 5.36. The molecular formula is C20H21ClN4O. The Balaban J connectivity index is 0.00000168. The van der Waals surface area contributed by atoms with Crippen molar-refractivity contribution in [2.24, 2.45) is 0 Å². The highest BCUT2D eigenvalue weighted by molar-refractivity contribution is 6.24. The average molecular weight is 369 g/mol. The minimum absolute atomic E-state index is 0. The summed E-state index contributed by atoms with van der Waals surface area (Å²) in [5.41, 5.74) is 4.16. The van der Waals surface area contributed by atoms with Gasteiger partial charge in [0.2, 0.25) is 0 Å². The van der Waals surface area contributed by atoms with E-state index in [4.69, 9.17) is 0 Å². The molecule has 0 spiro atoms. The van der Waals surface area contributed by atoms with E-state index in [0.717, 1.165) is 54.4 Å². The Labute approximate surface area is 158 Å². The van der Waals surface area contributed by atoms with Crippen molar-refractivity contribution in [3.05, 3.63) is 59.4 Å². The van der Waals surface area contributed by atoms with Crippen molar-refractivity contribution in [3.8, 4) is 0 Å². The third kappa shape index (κ3) is 2.77. The molecule has 2 aliphatic heterocycles. The number of benzene rings is 2. The topological polar surface area (TPSA) is 59.0 Å². The van der Waals surface area contributed by atoms with Crippen LogP contribution < -0.4 is 10.6 Å². The summed E-state index contributed by atoms with van der Waals surface area (Å²) in [6.07, 6.45) is 7.27. The number of carbonyl (C=O) groups is 1. The van der Waals surface area contributed by atoms with Crippen molar-refractivity contribution in [3.63, 3.8) is 0 Å². The van der Waals surface area contributed by atoms with E-state index in [-0.39, 0.29) is 18.3 Å². The number of rotatable bonds is 3. The Morgan fingerprint density at radius 3 is 2.85 bits per heavy atom.